The van der Waals surface area contributed by atoms with Gasteiger partial charge in [-0.1, -0.05) is 6.42 Å². The molecule has 0 radical (unpaired) electrons. The van der Waals surface area contributed by atoms with Crippen LogP contribution in [0.5, 0.6) is 0 Å². The Morgan fingerprint density at radius 2 is 2.19 bits per heavy atom. The van der Waals surface area contributed by atoms with E-state index in [2.05, 4.69) is 4.98 Å². The van der Waals surface area contributed by atoms with Gasteiger partial charge >= 0.3 is 0 Å². The van der Waals surface area contributed by atoms with Gasteiger partial charge in [-0.15, -0.1) is 0 Å². The molecule has 0 spiro atoms. The maximum Gasteiger partial charge on any atom is 0.123 e. The molecule has 1 aromatic carbocycles. The minimum Gasteiger partial charge on any atom is -0.358 e. The predicted molar refractivity (Wildman–Crippen MR) is 62.7 cm³/mol. The molecule has 0 saturated carbocycles. The van der Waals surface area contributed by atoms with Crippen molar-refractivity contribution in [1.82, 2.24) is 4.98 Å². The summed E-state index contributed by atoms with van der Waals surface area (Å²) < 4.78 is 13.3. The van der Waals surface area contributed by atoms with Crippen LogP contribution in [0.15, 0.2) is 18.2 Å². The lowest BCUT2D eigenvalue weighted by atomic mass is 10.0. The van der Waals surface area contributed by atoms with Gasteiger partial charge in [0.05, 0.1) is 0 Å². The summed E-state index contributed by atoms with van der Waals surface area (Å²) in [5.41, 5.74) is 9.50. The van der Waals surface area contributed by atoms with Gasteiger partial charge in [0, 0.05) is 22.6 Å². The van der Waals surface area contributed by atoms with E-state index in [1.54, 1.807) is 12.1 Å². The van der Waals surface area contributed by atoms with Crippen molar-refractivity contribution < 1.29 is 4.39 Å². The first-order chi connectivity index (χ1) is 7.75. The maximum absolute atomic E-state index is 13.3. The Morgan fingerprint density at radius 1 is 1.31 bits per heavy atom. The number of benzene rings is 1. The van der Waals surface area contributed by atoms with Crippen LogP contribution in [0.4, 0.5) is 4.39 Å². The zero-order chi connectivity index (χ0) is 11.1. The van der Waals surface area contributed by atoms with Gasteiger partial charge in [-0.05, 0) is 43.0 Å². The lowest BCUT2D eigenvalue weighted by Gasteiger charge is -2.08. The molecule has 0 bridgehead atoms. The molecule has 2 aromatic rings. The highest BCUT2D eigenvalue weighted by molar-refractivity contribution is 5.85. The van der Waals surface area contributed by atoms with Gasteiger partial charge in [0.25, 0.3) is 0 Å². The smallest absolute Gasteiger partial charge is 0.123 e. The second-order valence-electron chi connectivity index (χ2n) is 4.56. The van der Waals surface area contributed by atoms with Crippen LogP contribution in [0.2, 0.25) is 0 Å². The van der Waals surface area contributed by atoms with Gasteiger partial charge in [-0.2, -0.15) is 0 Å². The van der Waals surface area contributed by atoms with Crippen LogP contribution in [-0.2, 0) is 6.42 Å². The molecule has 1 heterocycles. The number of H-pyrrole nitrogens is 1. The Morgan fingerprint density at radius 3 is 3.06 bits per heavy atom. The first kappa shape index (κ1) is 9.85. The summed E-state index contributed by atoms with van der Waals surface area (Å²) in [7, 11) is 0. The van der Waals surface area contributed by atoms with Crippen molar-refractivity contribution >= 4 is 10.9 Å². The zero-order valence-electron chi connectivity index (χ0n) is 9.09. The predicted octanol–water partition coefficient (Wildman–Crippen LogP) is 3.03. The Kier molecular flexibility index (Phi) is 2.21. The number of halogens is 1. The van der Waals surface area contributed by atoms with Gasteiger partial charge in [-0.25, -0.2) is 4.39 Å². The van der Waals surface area contributed by atoms with Crippen LogP contribution in [-0.4, -0.2) is 4.98 Å². The van der Waals surface area contributed by atoms with Crippen molar-refractivity contribution in [1.29, 1.82) is 0 Å². The molecule has 1 aromatic heterocycles. The normalized spacial score (nSPS) is 20.8. The highest BCUT2D eigenvalue weighted by Crippen LogP contribution is 2.33. The van der Waals surface area contributed by atoms with Crippen molar-refractivity contribution in [2.75, 3.05) is 0 Å². The quantitative estimate of drug-likeness (QED) is 0.656. The number of aromatic nitrogens is 1. The molecule has 3 rings (SSSR count). The Balaban J connectivity index is 2.28. The molecular formula is C13H15FN2. The number of nitrogens with one attached hydrogen (secondary N) is 1. The van der Waals surface area contributed by atoms with Gasteiger partial charge in [-0.3, -0.25) is 0 Å². The first-order valence-electron chi connectivity index (χ1n) is 5.81. The van der Waals surface area contributed by atoms with E-state index in [-0.39, 0.29) is 11.9 Å². The van der Waals surface area contributed by atoms with Crippen LogP contribution >= 0.6 is 0 Å². The molecule has 2 nitrogen and oxygen atoms in total. The summed E-state index contributed by atoms with van der Waals surface area (Å²) in [5, 5.41) is 0.962. The summed E-state index contributed by atoms with van der Waals surface area (Å²) in [4.78, 5) is 3.37. The Hall–Kier alpha value is -1.35. The van der Waals surface area contributed by atoms with Crippen LogP contribution in [0, 0.1) is 5.82 Å². The zero-order valence-corrected chi connectivity index (χ0v) is 9.09. The number of hydrogen-bond acceptors (Lipinski definition) is 1. The third-order valence-corrected chi connectivity index (χ3v) is 3.45. The van der Waals surface area contributed by atoms with E-state index in [9.17, 15) is 4.39 Å². The van der Waals surface area contributed by atoms with Gasteiger partial charge < -0.3 is 10.7 Å². The maximum atomic E-state index is 13.3. The van der Waals surface area contributed by atoms with Crippen molar-refractivity contribution in [3.8, 4) is 0 Å². The van der Waals surface area contributed by atoms with Crippen molar-refractivity contribution in [3.63, 3.8) is 0 Å². The topological polar surface area (TPSA) is 41.8 Å². The lowest BCUT2D eigenvalue weighted by Crippen LogP contribution is -2.09. The Labute approximate surface area is 93.6 Å². The summed E-state index contributed by atoms with van der Waals surface area (Å²) in [6, 6.07) is 4.93. The van der Waals surface area contributed by atoms with Gasteiger partial charge in [0.1, 0.15) is 5.82 Å². The summed E-state index contributed by atoms with van der Waals surface area (Å²) in [6.45, 7) is 0. The molecule has 3 N–H and O–H groups in total. The second kappa shape index (κ2) is 3.59. The van der Waals surface area contributed by atoms with Gasteiger partial charge in [0.2, 0.25) is 0 Å². The van der Waals surface area contributed by atoms with E-state index < -0.39 is 0 Å². The van der Waals surface area contributed by atoms with Crippen LogP contribution in [0.1, 0.15) is 36.6 Å². The third kappa shape index (κ3) is 1.43. The number of hydrogen-bond donors (Lipinski definition) is 2. The van der Waals surface area contributed by atoms with E-state index in [0.717, 1.165) is 42.1 Å². The number of nitrogens with two attached hydrogens (primary N) is 1. The minimum absolute atomic E-state index is 0.0491. The SMILES string of the molecule is NC1CCCCc2[nH]c3ccc(F)cc3c21. The summed E-state index contributed by atoms with van der Waals surface area (Å²) in [5.74, 6) is -0.189. The molecular weight excluding hydrogens is 203 g/mol. The average Bonchev–Trinajstić information content (AvgIpc) is 2.51. The number of rotatable bonds is 0. The highest BCUT2D eigenvalue weighted by atomic mass is 19.1. The van der Waals surface area contributed by atoms with Crippen LogP contribution in [0.3, 0.4) is 0 Å². The molecule has 0 fully saturated rings. The number of aromatic amines is 1. The molecule has 0 amide bonds. The number of fused-ring (bicyclic) bond motifs is 3. The molecule has 84 valence electrons. The summed E-state index contributed by atoms with van der Waals surface area (Å²) in [6.07, 6.45) is 4.34. The second-order valence-corrected chi connectivity index (χ2v) is 4.56. The van der Waals surface area contributed by atoms with E-state index in [1.165, 1.54) is 11.8 Å². The summed E-state index contributed by atoms with van der Waals surface area (Å²) >= 11 is 0. The lowest BCUT2D eigenvalue weighted by molar-refractivity contribution is 0.615. The molecule has 1 unspecified atom stereocenters. The fourth-order valence-electron chi connectivity index (χ4n) is 2.67. The van der Waals surface area contributed by atoms with E-state index in [0.29, 0.717) is 0 Å². The molecule has 1 atom stereocenters. The third-order valence-electron chi connectivity index (χ3n) is 3.45. The fourth-order valence-corrected chi connectivity index (χ4v) is 2.67. The molecule has 16 heavy (non-hydrogen) atoms. The van der Waals surface area contributed by atoms with Gasteiger partial charge in [0.15, 0.2) is 0 Å². The van der Waals surface area contributed by atoms with Crippen molar-refractivity contribution in [3.05, 3.63) is 35.3 Å². The standard InChI is InChI=1S/C13H15FN2/c14-8-5-6-11-9(7-8)13-10(15)3-1-2-4-12(13)16-11/h5-7,10,16H,1-4,15H2. The fraction of sp³-hybridized carbons (Fsp3) is 0.385. The van der Waals surface area contributed by atoms with E-state index >= 15 is 0 Å². The molecule has 0 saturated heterocycles. The minimum atomic E-state index is -0.189. The van der Waals surface area contributed by atoms with Crippen LogP contribution < -0.4 is 5.73 Å². The highest BCUT2D eigenvalue weighted by Gasteiger charge is 2.20. The van der Waals surface area contributed by atoms with Crippen molar-refractivity contribution in [2.45, 2.75) is 31.7 Å². The molecule has 3 heteroatoms. The molecule has 1 aliphatic rings. The Bertz CT molecular complexity index is 530. The average molecular weight is 218 g/mol. The van der Waals surface area contributed by atoms with Crippen LogP contribution in [0.25, 0.3) is 10.9 Å². The largest absolute Gasteiger partial charge is 0.358 e. The van der Waals surface area contributed by atoms with E-state index in [4.69, 9.17) is 5.73 Å². The molecule has 0 aliphatic heterocycles. The molecule has 1 aliphatic carbocycles. The van der Waals surface area contributed by atoms with Crippen molar-refractivity contribution in [2.24, 2.45) is 5.73 Å². The number of aryl methyl sites for hydroxylation is 1. The monoisotopic (exact) mass is 218 g/mol. The first-order valence-corrected chi connectivity index (χ1v) is 5.81. The van der Waals surface area contributed by atoms with E-state index in [1.807, 2.05) is 0 Å².